The van der Waals surface area contributed by atoms with Gasteiger partial charge in [-0.2, -0.15) is 0 Å². The molecule has 0 unspecified atom stereocenters. The molecule has 2 fully saturated rings. The summed E-state index contributed by atoms with van der Waals surface area (Å²) in [6.07, 6.45) is 12.3. The fourth-order valence-corrected chi connectivity index (χ4v) is 4.15. The number of hydrogen-bond acceptors (Lipinski definition) is 5. The Labute approximate surface area is 175 Å². The van der Waals surface area contributed by atoms with E-state index < -0.39 is 0 Å². The Morgan fingerprint density at radius 3 is 2.66 bits per heavy atom. The Hall–Kier alpha value is -1.60. The van der Waals surface area contributed by atoms with E-state index in [4.69, 9.17) is 14.3 Å². The van der Waals surface area contributed by atoms with Crippen LogP contribution in [-0.2, 0) is 11.3 Å². The number of aromatic nitrogens is 1. The van der Waals surface area contributed by atoms with Crippen LogP contribution in [0.2, 0.25) is 0 Å². The SMILES string of the molecule is CCNC(=NCCCCOC1CCCCCC1)N1CCN(Cc2ccon2)CC1. The van der Waals surface area contributed by atoms with Crippen LogP contribution < -0.4 is 5.32 Å². The molecule has 1 saturated carbocycles. The van der Waals surface area contributed by atoms with Gasteiger partial charge in [0.05, 0.1) is 11.8 Å². The van der Waals surface area contributed by atoms with Crippen molar-refractivity contribution in [3.05, 3.63) is 18.0 Å². The van der Waals surface area contributed by atoms with Gasteiger partial charge in [-0.05, 0) is 32.6 Å². The topological polar surface area (TPSA) is 66.1 Å². The maximum atomic E-state index is 6.10. The van der Waals surface area contributed by atoms with E-state index in [0.717, 1.165) is 76.9 Å². The van der Waals surface area contributed by atoms with Crippen molar-refractivity contribution in [3.63, 3.8) is 0 Å². The molecule has 7 heteroatoms. The van der Waals surface area contributed by atoms with Crippen LogP contribution in [0.15, 0.2) is 21.8 Å². The summed E-state index contributed by atoms with van der Waals surface area (Å²) in [6.45, 7) is 9.69. The summed E-state index contributed by atoms with van der Waals surface area (Å²) in [7, 11) is 0. The maximum absolute atomic E-state index is 6.10. The zero-order valence-electron chi connectivity index (χ0n) is 18.2. The number of hydrogen-bond donors (Lipinski definition) is 1. The molecular weight excluding hydrogens is 366 g/mol. The lowest BCUT2D eigenvalue weighted by atomic mass is 10.1. The summed E-state index contributed by atoms with van der Waals surface area (Å²) >= 11 is 0. The molecule has 0 atom stereocenters. The van der Waals surface area contributed by atoms with Crippen molar-refractivity contribution in [1.82, 2.24) is 20.3 Å². The third kappa shape index (κ3) is 7.97. The largest absolute Gasteiger partial charge is 0.378 e. The Bertz CT molecular complexity index is 562. The number of unbranched alkanes of at least 4 members (excludes halogenated alkanes) is 1. The summed E-state index contributed by atoms with van der Waals surface area (Å²) in [5.41, 5.74) is 1.00. The third-order valence-electron chi connectivity index (χ3n) is 5.85. The quantitative estimate of drug-likeness (QED) is 0.294. The minimum atomic E-state index is 0.506. The Morgan fingerprint density at radius 1 is 1.17 bits per heavy atom. The molecule has 1 saturated heterocycles. The van der Waals surface area contributed by atoms with Gasteiger partial charge in [0.15, 0.2) is 5.96 Å². The third-order valence-corrected chi connectivity index (χ3v) is 5.85. The zero-order chi connectivity index (χ0) is 20.2. The minimum Gasteiger partial charge on any atom is -0.378 e. The standard InChI is InChI=1S/C22H39N5O2/c1-2-23-22(24-12-7-8-17-28-21-9-5-3-4-6-10-21)27-15-13-26(14-16-27)19-20-11-18-29-25-20/h11,18,21H,2-10,12-17,19H2,1H3,(H,23,24). The first-order chi connectivity index (χ1) is 14.3. The molecule has 2 aliphatic rings. The Kier molecular flexibility index (Phi) is 9.79. The summed E-state index contributed by atoms with van der Waals surface area (Å²) in [4.78, 5) is 9.67. The molecule has 0 bridgehead atoms. The van der Waals surface area contributed by atoms with E-state index in [-0.39, 0.29) is 0 Å². The molecule has 1 aromatic rings. The van der Waals surface area contributed by atoms with Crippen molar-refractivity contribution >= 4 is 5.96 Å². The van der Waals surface area contributed by atoms with Crippen LogP contribution in [0.5, 0.6) is 0 Å². The van der Waals surface area contributed by atoms with E-state index >= 15 is 0 Å². The highest BCUT2D eigenvalue weighted by Gasteiger charge is 2.20. The van der Waals surface area contributed by atoms with E-state index in [0.29, 0.717) is 6.10 Å². The van der Waals surface area contributed by atoms with Gasteiger partial charge in [-0.1, -0.05) is 30.8 Å². The van der Waals surface area contributed by atoms with Crippen LogP contribution in [0.1, 0.15) is 64.0 Å². The van der Waals surface area contributed by atoms with Gasteiger partial charge in [0.25, 0.3) is 0 Å². The highest BCUT2D eigenvalue weighted by Crippen LogP contribution is 2.20. The molecule has 0 aromatic carbocycles. The monoisotopic (exact) mass is 405 g/mol. The Balaban J connectivity index is 1.32. The molecule has 0 amide bonds. The van der Waals surface area contributed by atoms with Gasteiger partial charge in [0.2, 0.25) is 0 Å². The van der Waals surface area contributed by atoms with Crippen molar-refractivity contribution < 1.29 is 9.26 Å². The number of aliphatic imine (C=N–C) groups is 1. The van der Waals surface area contributed by atoms with Gasteiger partial charge in [-0.25, -0.2) is 0 Å². The first-order valence-electron chi connectivity index (χ1n) is 11.6. The second-order valence-electron chi connectivity index (χ2n) is 8.18. The van der Waals surface area contributed by atoms with Crippen molar-refractivity contribution in [2.45, 2.75) is 70.9 Å². The zero-order valence-corrected chi connectivity index (χ0v) is 18.2. The molecule has 164 valence electrons. The van der Waals surface area contributed by atoms with E-state index in [9.17, 15) is 0 Å². The van der Waals surface area contributed by atoms with Crippen LogP contribution in [0.3, 0.4) is 0 Å². The highest BCUT2D eigenvalue weighted by atomic mass is 16.5. The summed E-state index contributed by atoms with van der Waals surface area (Å²) in [5.74, 6) is 1.05. The first-order valence-corrected chi connectivity index (χ1v) is 11.6. The lowest BCUT2D eigenvalue weighted by Crippen LogP contribution is -2.52. The average molecular weight is 406 g/mol. The average Bonchev–Trinajstić information content (AvgIpc) is 3.11. The Morgan fingerprint density at radius 2 is 1.97 bits per heavy atom. The van der Waals surface area contributed by atoms with Gasteiger partial charge < -0.3 is 19.5 Å². The fraction of sp³-hybridized carbons (Fsp3) is 0.818. The molecule has 7 nitrogen and oxygen atoms in total. The smallest absolute Gasteiger partial charge is 0.194 e. The van der Waals surface area contributed by atoms with Crippen LogP contribution in [-0.4, -0.2) is 72.9 Å². The van der Waals surface area contributed by atoms with Crippen molar-refractivity contribution in [3.8, 4) is 0 Å². The van der Waals surface area contributed by atoms with Gasteiger partial charge in [0.1, 0.15) is 6.26 Å². The van der Waals surface area contributed by atoms with Crippen molar-refractivity contribution in [2.75, 3.05) is 45.9 Å². The number of guanidine groups is 1. The number of rotatable bonds is 9. The second kappa shape index (κ2) is 12.9. The summed E-state index contributed by atoms with van der Waals surface area (Å²) < 4.78 is 11.0. The summed E-state index contributed by atoms with van der Waals surface area (Å²) in [5, 5.41) is 7.48. The van der Waals surface area contributed by atoms with Gasteiger partial charge in [0, 0.05) is 58.5 Å². The first kappa shape index (κ1) is 22.1. The van der Waals surface area contributed by atoms with Crippen molar-refractivity contribution in [1.29, 1.82) is 0 Å². The molecular formula is C22H39N5O2. The van der Waals surface area contributed by atoms with E-state index in [2.05, 4.69) is 27.2 Å². The van der Waals surface area contributed by atoms with E-state index in [1.165, 1.54) is 38.5 Å². The second-order valence-corrected chi connectivity index (χ2v) is 8.18. The fourth-order valence-electron chi connectivity index (χ4n) is 4.15. The molecule has 1 N–H and O–H groups in total. The van der Waals surface area contributed by atoms with Crippen LogP contribution in [0, 0.1) is 0 Å². The van der Waals surface area contributed by atoms with Crippen LogP contribution in [0.25, 0.3) is 0 Å². The normalized spacial score (nSPS) is 20.0. The van der Waals surface area contributed by atoms with Gasteiger partial charge in [-0.3, -0.25) is 9.89 Å². The molecule has 1 aliphatic heterocycles. The number of piperazine rings is 1. The van der Waals surface area contributed by atoms with Crippen LogP contribution >= 0.6 is 0 Å². The number of ether oxygens (including phenoxy) is 1. The predicted molar refractivity (Wildman–Crippen MR) is 116 cm³/mol. The van der Waals surface area contributed by atoms with Crippen molar-refractivity contribution in [2.24, 2.45) is 4.99 Å². The molecule has 0 spiro atoms. The molecule has 29 heavy (non-hydrogen) atoms. The summed E-state index contributed by atoms with van der Waals surface area (Å²) in [6, 6.07) is 1.94. The predicted octanol–water partition coefficient (Wildman–Crippen LogP) is 3.28. The van der Waals surface area contributed by atoms with E-state index in [1.54, 1.807) is 6.26 Å². The van der Waals surface area contributed by atoms with E-state index in [1.807, 2.05) is 6.07 Å². The number of nitrogens with zero attached hydrogens (tertiary/aromatic N) is 4. The highest BCUT2D eigenvalue weighted by molar-refractivity contribution is 5.80. The maximum Gasteiger partial charge on any atom is 0.194 e. The lowest BCUT2D eigenvalue weighted by molar-refractivity contribution is 0.0412. The molecule has 1 aromatic heterocycles. The molecule has 2 heterocycles. The number of nitrogens with one attached hydrogen (secondary N) is 1. The van der Waals surface area contributed by atoms with Crippen LogP contribution in [0.4, 0.5) is 0 Å². The molecule has 0 radical (unpaired) electrons. The molecule has 1 aliphatic carbocycles. The van der Waals surface area contributed by atoms with Gasteiger partial charge >= 0.3 is 0 Å². The lowest BCUT2D eigenvalue weighted by Gasteiger charge is -2.36. The minimum absolute atomic E-state index is 0.506. The molecule has 3 rings (SSSR count). The van der Waals surface area contributed by atoms with Gasteiger partial charge in [-0.15, -0.1) is 0 Å².